The van der Waals surface area contributed by atoms with E-state index < -0.39 is 0 Å². The minimum Gasteiger partial charge on any atom is -0.368 e. The second-order valence-corrected chi connectivity index (χ2v) is 9.65. The fraction of sp³-hybridized carbons (Fsp3) is 0.458. The van der Waals surface area contributed by atoms with Crippen molar-refractivity contribution in [2.75, 3.05) is 42.5 Å². The number of amidine groups is 1. The Labute approximate surface area is 202 Å². The lowest BCUT2D eigenvalue weighted by Crippen LogP contribution is -2.58. The highest BCUT2D eigenvalue weighted by Crippen LogP contribution is 2.37. The molecule has 1 saturated heterocycles. The van der Waals surface area contributed by atoms with Gasteiger partial charge >= 0.3 is 0 Å². The number of piperazine rings is 1. The number of halogens is 1. The Morgan fingerprint density at radius 2 is 1.94 bits per heavy atom. The Morgan fingerprint density at radius 1 is 1.18 bits per heavy atom. The first kappa shape index (κ1) is 22.6. The van der Waals surface area contributed by atoms with Crippen LogP contribution in [0.1, 0.15) is 42.3 Å². The number of nitrogens with zero attached hydrogens (tertiary/aromatic N) is 5. The molecule has 1 aromatic heterocycles. The summed E-state index contributed by atoms with van der Waals surface area (Å²) >= 11 is 1.45. The summed E-state index contributed by atoms with van der Waals surface area (Å²) in [6.07, 6.45) is 2.47. The SMILES string of the molecule is CCCCN1C(=O)c2sccc2N2C(CCC(=O)N3CCN(c4ccc(F)cc4)CC3)=NNC12. The molecule has 0 spiro atoms. The smallest absolute Gasteiger partial charge is 0.269 e. The van der Waals surface area contributed by atoms with Crippen LogP contribution in [-0.4, -0.2) is 66.5 Å². The maximum Gasteiger partial charge on any atom is 0.269 e. The molecule has 2 amide bonds. The van der Waals surface area contributed by atoms with Crippen molar-refractivity contribution in [3.05, 3.63) is 46.4 Å². The third-order valence-corrected chi connectivity index (χ3v) is 7.52. The number of hydrogen-bond acceptors (Lipinski definition) is 7. The third kappa shape index (κ3) is 4.22. The molecule has 1 unspecified atom stereocenters. The molecule has 5 rings (SSSR count). The van der Waals surface area contributed by atoms with Gasteiger partial charge in [0.15, 0.2) is 0 Å². The van der Waals surface area contributed by atoms with Crippen LogP contribution in [0.4, 0.5) is 15.8 Å². The van der Waals surface area contributed by atoms with Crippen LogP contribution < -0.4 is 15.2 Å². The summed E-state index contributed by atoms with van der Waals surface area (Å²) in [5.41, 5.74) is 4.97. The van der Waals surface area contributed by atoms with Crippen LogP contribution in [0.3, 0.4) is 0 Å². The van der Waals surface area contributed by atoms with E-state index >= 15 is 0 Å². The van der Waals surface area contributed by atoms with Gasteiger partial charge in [0.05, 0.1) is 5.69 Å². The van der Waals surface area contributed by atoms with E-state index in [4.69, 9.17) is 0 Å². The zero-order valence-electron chi connectivity index (χ0n) is 19.2. The normalized spacial score (nSPS) is 19.6. The minimum absolute atomic E-state index is 0.0405. The molecule has 0 bridgehead atoms. The zero-order chi connectivity index (χ0) is 23.7. The average molecular weight is 485 g/mol. The summed E-state index contributed by atoms with van der Waals surface area (Å²) in [5, 5.41) is 6.46. The molecular weight excluding hydrogens is 455 g/mol. The van der Waals surface area contributed by atoms with Crippen molar-refractivity contribution in [2.45, 2.75) is 38.9 Å². The maximum atomic E-state index is 13.2. The number of amides is 2. The molecule has 8 nitrogen and oxygen atoms in total. The van der Waals surface area contributed by atoms with Crippen molar-refractivity contribution in [1.82, 2.24) is 15.2 Å². The first-order valence-electron chi connectivity index (χ1n) is 11.8. The van der Waals surface area contributed by atoms with Crippen molar-refractivity contribution in [2.24, 2.45) is 5.10 Å². The van der Waals surface area contributed by atoms with Crippen molar-refractivity contribution in [3.63, 3.8) is 0 Å². The summed E-state index contributed by atoms with van der Waals surface area (Å²) in [7, 11) is 0. The van der Waals surface area contributed by atoms with Crippen molar-refractivity contribution >= 4 is 40.4 Å². The van der Waals surface area contributed by atoms with Crippen LogP contribution in [0.15, 0.2) is 40.8 Å². The molecule has 1 fully saturated rings. The van der Waals surface area contributed by atoms with E-state index in [0.717, 1.165) is 48.0 Å². The van der Waals surface area contributed by atoms with Gasteiger partial charge in [-0.2, -0.15) is 5.10 Å². The number of benzene rings is 1. The third-order valence-electron chi connectivity index (χ3n) is 6.63. The van der Waals surface area contributed by atoms with Crippen LogP contribution in [0, 0.1) is 5.82 Å². The Bertz CT molecular complexity index is 1080. The molecule has 0 saturated carbocycles. The number of hydrazone groups is 1. The predicted octanol–water partition coefficient (Wildman–Crippen LogP) is 3.28. The number of carbonyl (C=O) groups excluding carboxylic acids is 2. The summed E-state index contributed by atoms with van der Waals surface area (Å²) in [5.74, 6) is 0.687. The first-order valence-corrected chi connectivity index (χ1v) is 12.7. The second kappa shape index (κ2) is 9.61. The predicted molar refractivity (Wildman–Crippen MR) is 132 cm³/mol. The summed E-state index contributed by atoms with van der Waals surface area (Å²) in [4.78, 5) is 34.7. The van der Waals surface area contributed by atoms with Crippen molar-refractivity contribution in [3.8, 4) is 0 Å². The van der Waals surface area contributed by atoms with Gasteiger partial charge in [-0.1, -0.05) is 13.3 Å². The lowest BCUT2D eigenvalue weighted by atomic mass is 10.1. The highest BCUT2D eigenvalue weighted by molar-refractivity contribution is 7.12. The number of anilines is 2. The molecule has 0 radical (unpaired) electrons. The number of unbranched alkanes of at least 4 members (excludes halogenated alkanes) is 1. The highest BCUT2D eigenvalue weighted by atomic mass is 32.1. The number of hydrogen-bond donors (Lipinski definition) is 1. The van der Waals surface area contributed by atoms with E-state index in [1.807, 2.05) is 21.2 Å². The van der Waals surface area contributed by atoms with Gasteiger partial charge < -0.3 is 9.80 Å². The van der Waals surface area contributed by atoms with E-state index in [9.17, 15) is 14.0 Å². The van der Waals surface area contributed by atoms with E-state index in [0.29, 0.717) is 32.5 Å². The number of nitrogens with one attached hydrogen (secondary N) is 1. The Hall–Kier alpha value is -3.14. The second-order valence-electron chi connectivity index (χ2n) is 8.73. The molecule has 0 aliphatic carbocycles. The van der Waals surface area contributed by atoms with Gasteiger partial charge in [0.25, 0.3) is 5.91 Å². The molecule has 1 atom stereocenters. The molecule has 2 aromatic rings. The lowest BCUT2D eigenvalue weighted by Gasteiger charge is -2.40. The lowest BCUT2D eigenvalue weighted by molar-refractivity contribution is -0.131. The van der Waals surface area contributed by atoms with Gasteiger partial charge in [0, 0.05) is 51.3 Å². The molecule has 34 heavy (non-hydrogen) atoms. The standard InChI is InChI=1S/C24H29FN6O2S/c1-2-3-11-30-23(33)22-19(10-16-34-22)31-20(26-27-24(30)31)8-9-21(32)29-14-12-28(13-15-29)18-6-4-17(25)5-7-18/h4-7,10,16,24,27H,2-3,8-9,11-15H2,1H3. The first-order chi connectivity index (χ1) is 16.6. The van der Waals surface area contributed by atoms with Crippen molar-refractivity contribution in [1.29, 1.82) is 0 Å². The molecule has 180 valence electrons. The Kier molecular flexibility index (Phi) is 6.40. The molecular formula is C24H29FN6O2S. The average Bonchev–Trinajstić information content (AvgIpc) is 3.50. The Balaban J connectivity index is 1.19. The molecule has 3 aliphatic heterocycles. The monoisotopic (exact) mass is 484 g/mol. The fourth-order valence-corrected chi connectivity index (χ4v) is 5.57. The van der Waals surface area contributed by atoms with E-state index in [2.05, 4.69) is 27.3 Å². The van der Waals surface area contributed by atoms with Crippen molar-refractivity contribution < 1.29 is 14.0 Å². The van der Waals surface area contributed by atoms with E-state index in [1.54, 1.807) is 12.1 Å². The van der Waals surface area contributed by atoms with E-state index in [1.165, 1.54) is 23.5 Å². The van der Waals surface area contributed by atoms with Gasteiger partial charge in [-0.15, -0.1) is 11.3 Å². The summed E-state index contributed by atoms with van der Waals surface area (Å²) in [6, 6.07) is 8.45. The summed E-state index contributed by atoms with van der Waals surface area (Å²) in [6.45, 7) is 5.50. The molecule has 3 aliphatic rings. The van der Waals surface area contributed by atoms with Gasteiger partial charge in [-0.3, -0.25) is 24.8 Å². The number of thiophene rings is 1. The zero-order valence-corrected chi connectivity index (χ0v) is 20.1. The van der Waals surface area contributed by atoms with Gasteiger partial charge in [-0.05, 0) is 42.1 Å². The van der Waals surface area contributed by atoms with E-state index in [-0.39, 0.29) is 23.9 Å². The largest absolute Gasteiger partial charge is 0.368 e. The van der Waals surface area contributed by atoms with Gasteiger partial charge in [0.2, 0.25) is 12.2 Å². The number of fused-ring (bicyclic) bond motifs is 3. The van der Waals surface area contributed by atoms with Crippen LogP contribution in [0.2, 0.25) is 0 Å². The molecule has 1 N–H and O–H groups in total. The van der Waals surface area contributed by atoms with Crippen LogP contribution >= 0.6 is 11.3 Å². The molecule has 1 aromatic carbocycles. The quantitative estimate of drug-likeness (QED) is 0.653. The minimum atomic E-state index is -0.328. The molecule has 10 heteroatoms. The van der Waals surface area contributed by atoms with Crippen LogP contribution in [-0.2, 0) is 4.79 Å². The topological polar surface area (TPSA) is 71.5 Å². The molecule has 4 heterocycles. The fourth-order valence-electron chi connectivity index (χ4n) is 4.73. The number of carbonyl (C=O) groups is 2. The maximum absolute atomic E-state index is 13.2. The van der Waals surface area contributed by atoms with Crippen LogP contribution in [0.25, 0.3) is 0 Å². The number of rotatable bonds is 7. The highest BCUT2D eigenvalue weighted by Gasteiger charge is 2.43. The van der Waals surface area contributed by atoms with Gasteiger partial charge in [-0.25, -0.2) is 4.39 Å². The summed E-state index contributed by atoms with van der Waals surface area (Å²) < 4.78 is 13.2. The Morgan fingerprint density at radius 3 is 2.68 bits per heavy atom. The van der Waals surface area contributed by atoms with Gasteiger partial charge in [0.1, 0.15) is 16.5 Å². The van der Waals surface area contributed by atoms with Crippen LogP contribution in [0.5, 0.6) is 0 Å².